The van der Waals surface area contributed by atoms with Gasteiger partial charge in [0.25, 0.3) is 5.22 Å². The molecule has 8 heteroatoms. The first-order chi connectivity index (χ1) is 12.4. The van der Waals surface area contributed by atoms with E-state index in [9.17, 15) is 13.2 Å². The van der Waals surface area contributed by atoms with E-state index in [2.05, 4.69) is 14.9 Å². The fourth-order valence-corrected chi connectivity index (χ4v) is 2.79. The van der Waals surface area contributed by atoms with Crippen LogP contribution in [0.15, 0.2) is 58.2 Å². The molecule has 0 unspecified atom stereocenters. The molecule has 3 aromatic rings. The third-order valence-corrected chi connectivity index (χ3v) is 4.28. The van der Waals surface area contributed by atoms with Gasteiger partial charge in [-0.2, -0.15) is 13.2 Å². The molecular formula is C18H15F3N2O2S. The Labute approximate surface area is 152 Å². The third-order valence-electron chi connectivity index (χ3n) is 3.39. The van der Waals surface area contributed by atoms with Crippen molar-refractivity contribution < 1.29 is 22.3 Å². The number of benzene rings is 2. The van der Waals surface area contributed by atoms with E-state index in [0.717, 1.165) is 16.7 Å². The number of rotatable bonds is 6. The molecule has 26 heavy (non-hydrogen) atoms. The van der Waals surface area contributed by atoms with Crippen LogP contribution in [0.2, 0.25) is 0 Å². The number of aryl methyl sites for hydroxylation is 1. The molecule has 0 radical (unpaired) electrons. The SMILES string of the molecule is Cc1ccc(-c2nnc(SCc3ccc(OCC(F)(F)F)cc3)o2)cc1. The summed E-state index contributed by atoms with van der Waals surface area (Å²) in [5.41, 5.74) is 2.90. The second-order valence-corrected chi connectivity index (χ2v) is 6.50. The molecule has 3 rings (SSSR count). The van der Waals surface area contributed by atoms with Crippen LogP contribution in [0, 0.1) is 6.92 Å². The first kappa shape index (κ1) is 18.3. The summed E-state index contributed by atoms with van der Waals surface area (Å²) in [5.74, 6) is 1.17. The van der Waals surface area contributed by atoms with Crippen LogP contribution in [0.4, 0.5) is 13.2 Å². The molecule has 0 N–H and O–H groups in total. The van der Waals surface area contributed by atoms with Crippen LogP contribution in [-0.2, 0) is 5.75 Å². The maximum atomic E-state index is 12.1. The number of hydrogen-bond acceptors (Lipinski definition) is 5. The lowest BCUT2D eigenvalue weighted by Crippen LogP contribution is -2.19. The van der Waals surface area contributed by atoms with Crippen molar-refractivity contribution in [3.8, 4) is 17.2 Å². The first-order valence-corrected chi connectivity index (χ1v) is 8.69. The molecule has 0 saturated heterocycles. The van der Waals surface area contributed by atoms with E-state index < -0.39 is 12.8 Å². The van der Waals surface area contributed by atoms with Crippen molar-refractivity contribution in [2.45, 2.75) is 24.1 Å². The molecule has 2 aromatic carbocycles. The average Bonchev–Trinajstić information content (AvgIpc) is 3.08. The quantitative estimate of drug-likeness (QED) is 0.545. The Morgan fingerprint density at radius 3 is 2.35 bits per heavy atom. The molecule has 1 aromatic heterocycles. The highest BCUT2D eigenvalue weighted by atomic mass is 32.2. The van der Waals surface area contributed by atoms with E-state index in [-0.39, 0.29) is 5.75 Å². The van der Waals surface area contributed by atoms with Crippen LogP contribution in [0.1, 0.15) is 11.1 Å². The lowest BCUT2D eigenvalue weighted by molar-refractivity contribution is -0.153. The molecule has 0 atom stereocenters. The Kier molecular flexibility index (Phi) is 5.51. The van der Waals surface area contributed by atoms with Crippen LogP contribution in [0.5, 0.6) is 5.75 Å². The van der Waals surface area contributed by atoms with Gasteiger partial charge in [0.15, 0.2) is 6.61 Å². The highest BCUT2D eigenvalue weighted by Gasteiger charge is 2.28. The van der Waals surface area contributed by atoms with Crippen LogP contribution in [0.3, 0.4) is 0 Å². The summed E-state index contributed by atoms with van der Waals surface area (Å²) >= 11 is 1.35. The summed E-state index contributed by atoms with van der Waals surface area (Å²) in [5, 5.41) is 8.46. The van der Waals surface area contributed by atoms with E-state index in [1.807, 2.05) is 31.2 Å². The molecule has 0 aliphatic heterocycles. The number of ether oxygens (including phenoxy) is 1. The van der Waals surface area contributed by atoms with Gasteiger partial charge in [0.1, 0.15) is 5.75 Å². The molecule has 0 aliphatic rings. The predicted molar refractivity (Wildman–Crippen MR) is 92.0 cm³/mol. The zero-order valence-corrected chi connectivity index (χ0v) is 14.6. The van der Waals surface area contributed by atoms with Crippen molar-refractivity contribution in [1.82, 2.24) is 10.2 Å². The standard InChI is InChI=1S/C18H15F3N2O2S/c1-12-2-6-14(7-3-12)16-22-23-17(25-16)26-10-13-4-8-15(9-5-13)24-11-18(19,20)21/h2-9H,10-11H2,1H3. The highest BCUT2D eigenvalue weighted by Crippen LogP contribution is 2.27. The van der Waals surface area contributed by atoms with Gasteiger partial charge in [-0.25, -0.2) is 0 Å². The fourth-order valence-electron chi connectivity index (χ4n) is 2.07. The van der Waals surface area contributed by atoms with Crippen molar-refractivity contribution in [3.05, 3.63) is 59.7 Å². The molecule has 0 aliphatic carbocycles. The summed E-state index contributed by atoms with van der Waals surface area (Å²) in [6.45, 7) is 0.698. The predicted octanol–water partition coefficient (Wildman–Crippen LogP) is 5.28. The van der Waals surface area contributed by atoms with Crippen molar-refractivity contribution >= 4 is 11.8 Å². The molecule has 136 valence electrons. The molecular weight excluding hydrogens is 365 g/mol. The number of alkyl halides is 3. The largest absolute Gasteiger partial charge is 0.484 e. The van der Waals surface area contributed by atoms with Gasteiger partial charge in [0.2, 0.25) is 5.89 Å². The van der Waals surface area contributed by atoms with Gasteiger partial charge in [-0.05, 0) is 36.8 Å². The molecule has 0 bridgehead atoms. The van der Waals surface area contributed by atoms with E-state index >= 15 is 0 Å². The number of thioether (sulfide) groups is 1. The van der Waals surface area contributed by atoms with Gasteiger partial charge >= 0.3 is 6.18 Å². The second-order valence-electron chi connectivity index (χ2n) is 5.58. The topological polar surface area (TPSA) is 48.2 Å². The average molecular weight is 380 g/mol. The van der Waals surface area contributed by atoms with E-state index in [4.69, 9.17) is 4.42 Å². The van der Waals surface area contributed by atoms with E-state index in [0.29, 0.717) is 16.9 Å². The summed E-state index contributed by atoms with van der Waals surface area (Å²) < 4.78 is 46.7. The Balaban J connectivity index is 1.55. The first-order valence-electron chi connectivity index (χ1n) is 7.71. The Morgan fingerprint density at radius 1 is 1.00 bits per heavy atom. The lowest BCUT2D eigenvalue weighted by atomic mass is 10.1. The Bertz CT molecular complexity index is 846. The van der Waals surface area contributed by atoms with Crippen LogP contribution < -0.4 is 4.74 Å². The van der Waals surface area contributed by atoms with Gasteiger partial charge in [-0.1, -0.05) is 41.6 Å². The molecule has 0 amide bonds. The van der Waals surface area contributed by atoms with Crippen molar-refractivity contribution in [1.29, 1.82) is 0 Å². The summed E-state index contributed by atoms with van der Waals surface area (Å²) in [6.07, 6.45) is -4.35. The lowest BCUT2D eigenvalue weighted by Gasteiger charge is -2.09. The summed E-state index contributed by atoms with van der Waals surface area (Å²) in [7, 11) is 0. The maximum absolute atomic E-state index is 12.1. The van der Waals surface area contributed by atoms with Crippen molar-refractivity contribution in [2.75, 3.05) is 6.61 Å². The van der Waals surface area contributed by atoms with Crippen LogP contribution >= 0.6 is 11.8 Å². The number of aromatic nitrogens is 2. The monoisotopic (exact) mass is 380 g/mol. The zero-order chi connectivity index (χ0) is 18.6. The third kappa shape index (κ3) is 5.26. The van der Waals surface area contributed by atoms with Crippen LogP contribution in [0.25, 0.3) is 11.5 Å². The number of hydrogen-bond donors (Lipinski definition) is 0. The summed E-state index contributed by atoms with van der Waals surface area (Å²) in [4.78, 5) is 0. The molecule has 4 nitrogen and oxygen atoms in total. The zero-order valence-electron chi connectivity index (χ0n) is 13.8. The second kappa shape index (κ2) is 7.82. The highest BCUT2D eigenvalue weighted by molar-refractivity contribution is 7.98. The van der Waals surface area contributed by atoms with Gasteiger partial charge in [0.05, 0.1) is 0 Å². The molecule has 1 heterocycles. The van der Waals surface area contributed by atoms with Crippen LogP contribution in [-0.4, -0.2) is 23.0 Å². The smallest absolute Gasteiger partial charge is 0.422 e. The molecule has 0 spiro atoms. The number of nitrogens with zero attached hydrogens (tertiary/aromatic N) is 2. The minimum atomic E-state index is -4.35. The minimum absolute atomic E-state index is 0.176. The summed E-state index contributed by atoms with van der Waals surface area (Å²) in [6, 6.07) is 14.2. The van der Waals surface area contributed by atoms with Crippen molar-refractivity contribution in [3.63, 3.8) is 0 Å². The maximum Gasteiger partial charge on any atom is 0.422 e. The van der Waals surface area contributed by atoms with Gasteiger partial charge in [-0.15, -0.1) is 10.2 Å². The fraction of sp³-hybridized carbons (Fsp3) is 0.222. The van der Waals surface area contributed by atoms with Gasteiger partial charge in [0, 0.05) is 11.3 Å². The van der Waals surface area contributed by atoms with Crippen molar-refractivity contribution in [2.24, 2.45) is 0 Å². The molecule has 0 saturated carbocycles. The molecule has 0 fully saturated rings. The normalized spacial score (nSPS) is 11.5. The van der Waals surface area contributed by atoms with E-state index in [1.54, 1.807) is 12.1 Å². The van der Waals surface area contributed by atoms with Gasteiger partial charge < -0.3 is 9.15 Å². The minimum Gasteiger partial charge on any atom is -0.484 e. The van der Waals surface area contributed by atoms with E-state index in [1.165, 1.54) is 23.9 Å². The Morgan fingerprint density at radius 2 is 1.69 bits per heavy atom. The number of halogens is 3. The van der Waals surface area contributed by atoms with Gasteiger partial charge in [-0.3, -0.25) is 0 Å². The Hall–Kier alpha value is -2.48.